The Labute approximate surface area is 234 Å². The van der Waals surface area contributed by atoms with Crippen molar-refractivity contribution in [3.8, 4) is 5.75 Å². The maximum Gasteiger partial charge on any atom is 0.329 e. The van der Waals surface area contributed by atoms with Gasteiger partial charge in [-0.25, -0.2) is 4.79 Å². The monoisotopic (exact) mass is 537 g/mol. The van der Waals surface area contributed by atoms with Crippen molar-refractivity contribution >= 4 is 23.3 Å². The normalized spacial score (nSPS) is 23.8. The lowest BCUT2D eigenvalue weighted by molar-refractivity contribution is -0.144. The predicted octanol–water partition coefficient (Wildman–Crippen LogP) is 8.01. The minimum absolute atomic E-state index is 0.0992. The van der Waals surface area contributed by atoms with E-state index in [2.05, 4.69) is 66.0 Å². The summed E-state index contributed by atoms with van der Waals surface area (Å²) >= 11 is 6.19. The largest absolute Gasteiger partial charge is 0.489 e. The van der Waals surface area contributed by atoms with Gasteiger partial charge in [0.15, 0.2) is 0 Å². The Balaban J connectivity index is 1.25. The van der Waals surface area contributed by atoms with Gasteiger partial charge < -0.3 is 15.2 Å². The molecule has 4 aromatic carbocycles. The molecule has 0 aliphatic heterocycles. The number of carboxylic acids is 1. The van der Waals surface area contributed by atoms with Crippen molar-refractivity contribution in [2.75, 3.05) is 5.32 Å². The summed E-state index contributed by atoms with van der Waals surface area (Å²) < 4.78 is 6.04. The third-order valence-corrected chi connectivity index (χ3v) is 9.02. The van der Waals surface area contributed by atoms with Gasteiger partial charge in [-0.05, 0) is 90.6 Å². The summed E-state index contributed by atoms with van der Waals surface area (Å²) in [6, 6.07) is 34.8. The summed E-state index contributed by atoms with van der Waals surface area (Å²) in [6.45, 7) is 0.538. The number of carbonyl (C=O) groups is 1. The van der Waals surface area contributed by atoms with Crippen LogP contribution in [0.25, 0.3) is 0 Å². The molecule has 0 radical (unpaired) electrons. The number of ether oxygens (including phenoxy) is 1. The molecule has 2 N–H and O–H groups in total. The number of benzene rings is 4. The van der Waals surface area contributed by atoms with Crippen molar-refractivity contribution in [2.45, 2.75) is 55.6 Å². The Morgan fingerprint density at radius 3 is 2.31 bits per heavy atom. The lowest BCUT2D eigenvalue weighted by Gasteiger charge is -2.47. The van der Waals surface area contributed by atoms with Crippen molar-refractivity contribution < 1.29 is 14.6 Å². The van der Waals surface area contributed by atoms with E-state index in [1.807, 2.05) is 30.3 Å². The summed E-state index contributed by atoms with van der Waals surface area (Å²) in [5.41, 5.74) is 4.80. The van der Waals surface area contributed by atoms with Crippen molar-refractivity contribution in [1.29, 1.82) is 0 Å². The standard InChI is InChI=1S/C34H32ClNO3/c35-27-10-6-11-28(22-27)36-34(32(37)38)19-17-33(18-20-34)30-12-5-4-9-26(30)21-31(33)25-13-15-29(16-14-25)39-23-24-7-2-1-3-8-24/h1-16,22,31,36H,17-21,23H2,(H,37,38). The minimum atomic E-state index is -1.02. The van der Waals surface area contributed by atoms with Crippen molar-refractivity contribution in [3.05, 3.63) is 130 Å². The molecule has 0 aromatic heterocycles. The highest BCUT2D eigenvalue weighted by molar-refractivity contribution is 6.30. The van der Waals surface area contributed by atoms with E-state index < -0.39 is 11.5 Å². The predicted molar refractivity (Wildman–Crippen MR) is 156 cm³/mol. The second kappa shape index (κ2) is 10.4. The number of hydrogen-bond donors (Lipinski definition) is 2. The molecule has 2 aliphatic carbocycles. The highest BCUT2D eigenvalue weighted by atomic mass is 35.5. The minimum Gasteiger partial charge on any atom is -0.489 e. The molecule has 1 unspecified atom stereocenters. The van der Waals surface area contributed by atoms with E-state index >= 15 is 0 Å². The third kappa shape index (κ3) is 4.90. The molecule has 198 valence electrons. The fourth-order valence-electron chi connectivity index (χ4n) is 6.74. The highest BCUT2D eigenvalue weighted by Crippen LogP contribution is 2.58. The lowest BCUT2D eigenvalue weighted by atomic mass is 9.59. The molecule has 1 fully saturated rings. The first-order valence-electron chi connectivity index (χ1n) is 13.6. The maximum atomic E-state index is 12.7. The number of rotatable bonds is 7. The molecule has 4 aromatic rings. The number of halogens is 1. The first-order valence-corrected chi connectivity index (χ1v) is 14.0. The summed E-state index contributed by atoms with van der Waals surface area (Å²) in [7, 11) is 0. The Hall–Kier alpha value is -3.76. The Morgan fingerprint density at radius 1 is 0.872 bits per heavy atom. The molecule has 1 atom stereocenters. The van der Waals surface area contributed by atoms with Crippen LogP contribution in [0.1, 0.15) is 53.9 Å². The zero-order chi connectivity index (χ0) is 26.9. The number of carboxylic acid groups (broad SMARTS) is 1. The van der Waals surface area contributed by atoms with E-state index in [4.69, 9.17) is 16.3 Å². The van der Waals surface area contributed by atoms with E-state index in [1.165, 1.54) is 16.7 Å². The van der Waals surface area contributed by atoms with Gasteiger partial charge in [-0.1, -0.05) is 84.4 Å². The zero-order valence-corrected chi connectivity index (χ0v) is 22.5. The van der Waals surface area contributed by atoms with Gasteiger partial charge in [0.05, 0.1) is 0 Å². The summed E-state index contributed by atoms with van der Waals surface area (Å²) in [4.78, 5) is 12.7. The Kier molecular flexibility index (Phi) is 6.82. The summed E-state index contributed by atoms with van der Waals surface area (Å²) in [6.07, 6.45) is 3.62. The van der Waals surface area contributed by atoms with Crippen LogP contribution >= 0.6 is 11.6 Å². The van der Waals surface area contributed by atoms with Crippen molar-refractivity contribution in [1.82, 2.24) is 0 Å². The van der Waals surface area contributed by atoms with E-state index in [0.29, 0.717) is 24.5 Å². The average Bonchev–Trinajstić information content (AvgIpc) is 3.28. The van der Waals surface area contributed by atoms with Gasteiger partial charge in [-0.15, -0.1) is 0 Å². The quantitative estimate of drug-likeness (QED) is 0.251. The maximum absolute atomic E-state index is 12.7. The van der Waals surface area contributed by atoms with Crippen LogP contribution in [0.3, 0.4) is 0 Å². The second-order valence-corrected chi connectivity index (χ2v) is 11.4. The Morgan fingerprint density at radius 2 is 1.59 bits per heavy atom. The van der Waals surface area contributed by atoms with Crippen LogP contribution in [0.15, 0.2) is 103 Å². The third-order valence-electron chi connectivity index (χ3n) is 8.79. The van der Waals surface area contributed by atoms with Gasteiger partial charge in [0.2, 0.25) is 0 Å². The fourth-order valence-corrected chi connectivity index (χ4v) is 6.93. The Bertz CT molecular complexity index is 1460. The van der Waals surface area contributed by atoms with Gasteiger partial charge in [-0.3, -0.25) is 0 Å². The molecule has 39 heavy (non-hydrogen) atoms. The van der Waals surface area contributed by atoms with Crippen LogP contribution in [-0.2, 0) is 23.2 Å². The van der Waals surface area contributed by atoms with Crippen LogP contribution in [0.5, 0.6) is 5.75 Å². The van der Waals surface area contributed by atoms with Gasteiger partial charge in [0.25, 0.3) is 0 Å². The van der Waals surface area contributed by atoms with E-state index in [9.17, 15) is 9.90 Å². The number of aliphatic carboxylic acids is 1. The molecule has 5 heteroatoms. The van der Waals surface area contributed by atoms with Crippen LogP contribution in [-0.4, -0.2) is 16.6 Å². The smallest absolute Gasteiger partial charge is 0.329 e. The number of anilines is 1. The number of nitrogens with one attached hydrogen (secondary N) is 1. The fraction of sp³-hybridized carbons (Fsp3) is 0.265. The number of hydrogen-bond acceptors (Lipinski definition) is 3. The van der Waals surface area contributed by atoms with Gasteiger partial charge in [0.1, 0.15) is 17.9 Å². The highest BCUT2D eigenvalue weighted by Gasteiger charge is 2.54. The molecule has 4 nitrogen and oxygen atoms in total. The first kappa shape index (κ1) is 25.5. The van der Waals surface area contributed by atoms with Crippen molar-refractivity contribution in [2.24, 2.45) is 0 Å². The van der Waals surface area contributed by atoms with Gasteiger partial charge in [-0.2, -0.15) is 0 Å². The molecular formula is C34H32ClNO3. The van der Waals surface area contributed by atoms with Crippen LogP contribution in [0.2, 0.25) is 5.02 Å². The molecule has 0 heterocycles. The molecule has 2 aliphatic rings. The first-order chi connectivity index (χ1) is 19.0. The summed E-state index contributed by atoms with van der Waals surface area (Å²) in [5.74, 6) is 0.336. The van der Waals surface area contributed by atoms with Crippen LogP contribution in [0.4, 0.5) is 5.69 Å². The SMILES string of the molecule is O=C(O)C1(Nc2cccc(Cl)c2)CCC2(CC1)c1ccccc1CC2c1ccc(OCc2ccccc2)cc1. The summed E-state index contributed by atoms with van der Waals surface area (Å²) in [5, 5.41) is 14.3. The molecule has 0 bridgehead atoms. The van der Waals surface area contributed by atoms with Gasteiger partial charge in [0, 0.05) is 16.1 Å². The molecule has 6 rings (SSSR count). The van der Waals surface area contributed by atoms with E-state index in [-0.39, 0.29) is 11.3 Å². The second-order valence-electron chi connectivity index (χ2n) is 10.9. The lowest BCUT2D eigenvalue weighted by Crippen LogP contribution is -2.52. The van der Waals surface area contributed by atoms with E-state index in [1.54, 1.807) is 12.1 Å². The molecule has 0 amide bonds. The average molecular weight is 538 g/mol. The number of fused-ring (bicyclic) bond motifs is 2. The molecule has 1 saturated carbocycles. The van der Waals surface area contributed by atoms with Gasteiger partial charge >= 0.3 is 5.97 Å². The van der Waals surface area contributed by atoms with E-state index in [0.717, 1.165) is 36.3 Å². The molecule has 1 spiro atoms. The molecule has 0 saturated heterocycles. The zero-order valence-electron chi connectivity index (χ0n) is 21.8. The topological polar surface area (TPSA) is 58.6 Å². The van der Waals surface area contributed by atoms with Crippen LogP contribution in [0, 0.1) is 0 Å². The van der Waals surface area contributed by atoms with Crippen molar-refractivity contribution in [3.63, 3.8) is 0 Å². The molecular weight excluding hydrogens is 506 g/mol. The van der Waals surface area contributed by atoms with Crippen LogP contribution < -0.4 is 10.1 Å².